The first-order valence-electron chi connectivity index (χ1n) is 12.3. The number of para-hydroxylation sites is 1. The molecule has 2 aromatic rings. The number of fused-ring (bicyclic) bond motifs is 4. The van der Waals surface area contributed by atoms with E-state index in [9.17, 15) is 29.5 Å². The Hall–Kier alpha value is -3.98. The van der Waals surface area contributed by atoms with E-state index in [2.05, 4.69) is 0 Å². The average molecular weight is 503 g/mol. The number of benzene rings is 2. The molecule has 4 aliphatic rings. The van der Waals surface area contributed by atoms with Crippen LogP contribution in [0.4, 0.5) is 5.69 Å². The van der Waals surface area contributed by atoms with E-state index in [1.54, 1.807) is 43.3 Å². The predicted octanol–water partition coefficient (Wildman–Crippen LogP) is 3.02. The van der Waals surface area contributed by atoms with Crippen molar-refractivity contribution in [2.75, 3.05) is 12.0 Å². The predicted molar refractivity (Wildman–Crippen MR) is 129 cm³/mol. The lowest BCUT2D eigenvalue weighted by Crippen LogP contribution is -2.48. The fourth-order valence-corrected chi connectivity index (χ4v) is 7.10. The molecule has 6 rings (SSSR count). The number of amides is 4. The highest BCUT2D eigenvalue weighted by Crippen LogP contribution is 2.64. The van der Waals surface area contributed by atoms with Crippen molar-refractivity contribution in [2.45, 2.75) is 25.7 Å². The number of hydrogen-bond donors (Lipinski definition) is 2. The highest BCUT2D eigenvalue weighted by Gasteiger charge is 2.67. The quantitative estimate of drug-likeness (QED) is 0.376. The average Bonchev–Trinajstić information content (AvgIpc) is 3.24. The van der Waals surface area contributed by atoms with E-state index in [1.807, 2.05) is 6.08 Å². The van der Waals surface area contributed by atoms with E-state index in [-0.39, 0.29) is 35.5 Å². The van der Waals surface area contributed by atoms with E-state index in [0.717, 1.165) is 5.57 Å². The highest BCUT2D eigenvalue weighted by molar-refractivity contribution is 6.24. The van der Waals surface area contributed by atoms with Crippen LogP contribution < -0.4 is 9.64 Å². The number of nitrogens with zero attached hydrogens (tertiary/aromatic N) is 2. The number of ether oxygens (including phenoxy) is 1. The smallest absolute Gasteiger partial charge is 0.257 e. The molecule has 2 aromatic carbocycles. The van der Waals surface area contributed by atoms with E-state index in [1.165, 1.54) is 24.1 Å². The monoisotopic (exact) mass is 502 g/mol. The molecule has 37 heavy (non-hydrogen) atoms. The van der Waals surface area contributed by atoms with Crippen molar-refractivity contribution in [3.63, 3.8) is 0 Å². The lowest BCUT2D eigenvalue weighted by molar-refractivity contribution is -0.173. The third kappa shape index (κ3) is 3.00. The molecule has 0 aromatic heterocycles. The highest BCUT2D eigenvalue weighted by atomic mass is 16.5. The van der Waals surface area contributed by atoms with Crippen LogP contribution >= 0.6 is 0 Å². The number of allylic oxidation sites excluding steroid dienone is 2. The molecule has 190 valence electrons. The van der Waals surface area contributed by atoms with Crippen molar-refractivity contribution in [1.29, 1.82) is 0 Å². The van der Waals surface area contributed by atoms with E-state index in [4.69, 9.17) is 4.74 Å². The lowest BCUT2D eigenvalue weighted by Gasteiger charge is -2.49. The van der Waals surface area contributed by atoms with Gasteiger partial charge in [0.15, 0.2) is 0 Å². The number of methoxy groups -OCH3 is 1. The molecular weight excluding hydrogens is 476 g/mol. The van der Waals surface area contributed by atoms with Crippen LogP contribution in [0.2, 0.25) is 0 Å². The molecule has 2 aliphatic carbocycles. The van der Waals surface area contributed by atoms with Crippen molar-refractivity contribution in [3.05, 3.63) is 65.7 Å². The molecule has 0 unspecified atom stereocenters. The van der Waals surface area contributed by atoms with Crippen LogP contribution in [0.5, 0.6) is 11.5 Å². The van der Waals surface area contributed by atoms with Gasteiger partial charge in [-0.3, -0.25) is 24.4 Å². The largest absolute Gasteiger partial charge is 0.508 e. The summed E-state index contributed by atoms with van der Waals surface area (Å²) in [5, 5.41) is 20.5. The Labute approximate surface area is 212 Å². The zero-order valence-corrected chi connectivity index (χ0v) is 20.3. The zero-order valence-electron chi connectivity index (χ0n) is 20.3. The van der Waals surface area contributed by atoms with Crippen LogP contribution in [0, 0.1) is 29.1 Å². The standard InChI is InChI=1S/C28H26N2O7/c1-28-20(25(33)29(27(28)35)14-6-4-3-5-7-14)13-19-16(10-11-18-22(19)26(34)30(36)24(18)32)23(28)17-9-8-15(31)12-21(17)37-2/h3-10,12,18-20,22-23,31,36H,11,13H2,1-2H3/t18-,19+,20-,22-,23+,28+/m0/s1. The van der Waals surface area contributed by atoms with Gasteiger partial charge in [0.2, 0.25) is 11.8 Å². The van der Waals surface area contributed by atoms with Gasteiger partial charge < -0.3 is 9.84 Å². The summed E-state index contributed by atoms with van der Waals surface area (Å²) in [5.41, 5.74) is 0.636. The van der Waals surface area contributed by atoms with Gasteiger partial charge in [-0.15, -0.1) is 0 Å². The van der Waals surface area contributed by atoms with E-state index < -0.39 is 46.8 Å². The normalized spacial score (nSPS) is 32.7. The minimum absolute atomic E-state index is 0.0143. The third-order valence-electron chi connectivity index (χ3n) is 8.79. The van der Waals surface area contributed by atoms with E-state index in [0.29, 0.717) is 17.0 Å². The van der Waals surface area contributed by atoms with Crippen LogP contribution in [0.1, 0.15) is 31.2 Å². The molecule has 0 spiro atoms. The minimum atomic E-state index is -1.21. The summed E-state index contributed by atoms with van der Waals surface area (Å²) in [7, 11) is 1.46. The molecule has 9 heteroatoms. The Kier molecular flexibility index (Phi) is 5.07. The Balaban J connectivity index is 1.57. The summed E-state index contributed by atoms with van der Waals surface area (Å²) < 4.78 is 5.60. The lowest BCUT2D eigenvalue weighted by atomic mass is 9.51. The van der Waals surface area contributed by atoms with Crippen LogP contribution in [0.15, 0.2) is 60.2 Å². The number of aromatic hydroxyl groups is 1. The molecule has 0 bridgehead atoms. The van der Waals surface area contributed by atoms with Gasteiger partial charge >= 0.3 is 0 Å². The molecule has 4 amide bonds. The molecule has 6 atom stereocenters. The number of hydroxylamine groups is 2. The molecule has 3 fully saturated rings. The first-order valence-corrected chi connectivity index (χ1v) is 12.3. The third-order valence-corrected chi connectivity index (χ3v) is 8.79. The first-order chi connectivity index (χ1) is 17.7. The van der Waals surface area contributed by atoms with Gasteiger partial charge in [-0.05, 0) is 43.9 Å². The summed E-state index contributed by atoms with van der Waals surface area (Å²) in [6, 6.07) is 13.4. The van der Waals surface area contributed by atoms with Crippen LogP contribution in [0.25, 0.3) is 0 Å². The van der Waals surface area contributed by atoms with E-state index >= 15 is 0 Å². The molecule has 2 saturated heterocycles. The number of phenols is 1. The van der Waals surface area contributed by atoms with Crippen molar-refractivity contribution in [2.24, 2.45) is 29.1 Å². The number of phenolic OH excluding ortho intramolecular Hbond substituents is 1. The number of anilines is 1. The minimum Gasteiger partial charge on any atom is -0.508 e. The second-order valence-electron chi connectivity index (χ2n) is 10.4. The summed E-state index contributed by atoms with van der Waals surface area (Å²) >= 11 is 0. The molecular formula is C28H26N2O7. The van der Waals surface area contributed by atoms with Gasteiger partial charge in [0.1, 0.15) is 11.5 Å². The summed E-state index contributed by atoms with van der Waals surface area (Å²) in [4.78, 5) is 55.0. The summed E-state index contributed by atoms with van der Waals surface area (Å²) in [6.45, 7) is 1.78. The number of carbonyl (C=O) groups excluding carboxylic acids is 4. The second kappa shape index (κ2) is 8.01. The van der Waals surface area contributed by atoms with Crippen LogP contribution in [-0.4, -0.2) is 46.1 Å². The Morgan fingerprint density at radius 1 is 0.973 bits per heavy atom. The van der Waals surface area contributed by atoms with Crippen molar-refractivity contribution >= 4 is 29.3 Å². The Bertz CT molecular complexity index is 1390. The van der Waals surface area contributed by atoms with Gasteiger partial charge in [0, 0.05) is 17.5 Å². The SMILES string of the molecule is COc1cc(O)ccc1[C@H]1C2=CC[C@@H]3C(=O)N(O)C(=O)[C@@H]3[C@@H]2C[C@H]2C(=O)N(c3ccccc3)C(=O)[C@@]12C. The fraction of sp³-hybridized carbons (Fsp3) is 0.357. The number of hydrogen-bond acceptors (Lipinski definition) is 7. The second-order valence-corrected chi connectivity index (χ2v) is 10.4. The van der Waals surface area contributed by atoms with Crippen molar-refractivity contribution < 1.29 is 34.2 Å². The zero-order chi connectivity index (χ0) is 26.2. The van der Waals surface area contributed by atoms with Gasteiger partial charge in [-0.1, -0.05) is 35.9 Å². The van der Waals surface area contributed by atoms with Crippen LogP contribution in [-0.2, 0) is 19.2 Å². The maximum Gasteiger partial charge on any atom is 0.257 e. The molecule has 1 saturated carbocycles. The maximum atomic E-state index is 14.2. The fourth-order valence-electron chi connectivity index (χ4n) is 7.10. The number of carbonyl (C=O) groups is 4. The molecule has 9 nitrogen and oxygen atoms in total. The Morgan fingerprint density at radius 3 is 2.41 bits per heavy atom. The number of imide groups is 2. The van der Waals surface area contributed by atoms with Crippen molar-refractivity contribution in [3.8, 4) is 11.5 Å². The maximum absolute atomic E-state index is 14.2. The topological polar surface area (TPSA) is 124 Å². The van der Waals surface area contributed by atoms with Gasteiger partial charge in [-0.2, -0.15) is 5.06 Å². The number of rotatable bonds is 3. The van der Waals surface area contributed by atoms with Gasteiger partial charge in [0.05, 0.1) is 36.0 Å². The van der Waals surface area contributed by atoms with Crippen molar-refractivity contribution in [1.82, 2.24) is 5.06 Å². The summed E-state index contributed by atoms with van der Waals surface area (Å²) in [6.07, 6.45) is 2.32. The van der Waals surface area contributed by atoms with Crippen LogP contribution in [0.3, 0.4) is 0 Å². The molecule has 0 radical (unpaired) electrons. The molecule has 2 aliphatic heterocycles. The van der Waals surface area contributed by atoms with Gasteiger partial charge in [-0.25, -0.2) is 4.90 Å². The molecule has 2 N–H and O–H groups in total. The summed E-state index contributed by atoms with van der Waals surface area (Å²) in [5.74, 6) is -5.19. The first kappa shape index (κ1) is 23.4. The van der Waals surface area contributed by atoms with Gasteiger partial charge in [0.25, 0.3) is 11.8 Å². The molecule has 2 heterocycles. The Morgan fingerprint density at radius 2 is 1.70 bits per heavy atom.